The van der Waals surface area contributed by atoms with Gasteiger partial charge in [-0.15, -0.1) is 0 Å². The number of nitrogens with one attached hydrogen (secondary N) is 2. The Kier molecular flexibility index (Phi) is 5.00. The summed E-state index contributed by atoms with van der Waals surface area (Å²) in [5.74, 6) is 0.682. The molecule has 1 aromatic rings. The molecule has 18 heavy (non-hydrogen) atoms. The van der Waals surface area contributed by atoms with Crippen LogP contribution in [0.5, 0.6) is 0 Å². The number of anilines is 1. The van der Waals surface area contributed by atoms with Crippen molar-refractivity contribution in [3.63, 3.8) is 0 Å². The van der Waals surface area contributed by atoms with Gasteiger partial charge in [-0.2, -0.15) is 0 Å². The van der Waals surface area contributed by atoms with Crippen LogP contribution in [0.4, 0.5) is 5.69 Å². The molecule has 1 amide bonds. The minimum Gasteiger partial charge on any atom is -0.326 e. The lowest BCUT2D eigenvalue weighted by Gasteiger charge is -2.22. The molecule has 1 aromatic carbocycles. The third kappa shape index (κ3) is 3.68. The molecule has 0 spiro atoms. The lowest BCUT2D eigenvalue weighted by molar-refractivity contribution is -0.117. The summed E-state index contributed by atoms with van der Waals surface area (Å²) in [4.78, 5) is 12.0. The fourth-order valence-electron chi connectivity index (χ4n) is 2.29. The Morgan fingerprint density at radius 3 is 2.89 bits per heavy atom. The molecular formula is C14H19IN2O. The second-order valence-electron chi connectivity index (χ2n) is 4.86. The highest BCUT2D eigenvalue weighted by Crippen LogP contribution is 2.22. The molecule has 4 heteroatoms. The number of rotatable bonds is 3. The molecule has 98 valence electrons. The predicted octanol–water partition coefficient (Wildman–Crippen LogP) is 2.93. The number of carbonyl (C=O) groups is 1. The monoisotopic (exact) mass is 358 g/mol. The van der Waals surface area contributed by atoms with Crippen LogP contribution in [-0.4, -0.2) is 19.0 Å². The lowest BCUT2D eigenvalue weighted by atomic mass is 9.94. The molecule has 0 saturated carbocycles. The first-order chi connectivity index (χ1) is 8.66. The Labute approximate surface area is 122 Å². The molecule has 0 aliphatic carbocycles. The molecule has 0 radical (unpaired) electrons. The number of hydrogen-bond acceptors (Lipinski definition) is 2. The molecule has 0 unspecified atom stereocenters. The minimum atomic E-state index is 0.145. The normalized spacial score (nSPS) is 16.6. The quantitative estimate of drug-likeness (QED) is 0.816. The van der Waals surface area contributed by atoms with Gasteiger partial charge in [0.15, 0.2) is 0 Å². The Balaban J connectivity index is 1.92. The number of amides is 1. The highest BCUT2D eigenvalue weighted by atomic mass is 127. The van der Waals surface area contributed by atoms with E-state index in [-0.39, 0.29) is 5.91 Å². The zero-order valence-electron chi connectivity index (χ0n) is 10.6. The van der Waals surface area contributed by atoms with Gasteiger partial charge in [0.1, 0.15) is 0 Å². The summed E-state index contributed by atoms with van der Waals surface area (Å²) in [6.07, 6.45) is 2.87. The topological polar surface area (TPSA) is 41.1 Å². The van der Waals surface area contributed by atoms with Crippen molar-refractivity contribution in [3.8, 4) is 0 Å². The molecule has 1 fully saturated rings. The van der Waals surface area contributed by atoms with E-state index < -0.39 is 0 Å². The summed E-state index contributed by atoms with van der Waals surface area (Å²) >= 11 is 2.29. The standard InChI is InChI=1S/C14H19IN2O/c1-10-12(15)3-2-4-13(10)17-14(18)9-11-5-7-16-8-6-11/h2-4,11,16H,5-9H2,1H3,(H,17,18). The van der Waals surface area contributed by atoms with Crippen LogP contribution in [0.1, 0.15) is 24.8 Å². The number of piperidine rings is 1. The Bertz CT molecular complexity index is 428. The summed E-state index contributed by atoms with van der Waals surface area (Å²) in [7, 11) is 0. The van der Waals surface area contributed by atoms with Gasteiger partial charge in [-0.3, -0.25) is 4.79 Å². The molecule has 0 atom stereocenters. The van der Waals surface area contributed by atoms with Gasteiger partial charge >= 0.3 is 0 Å². The summed E-state index contributed by atoms with van der Waals surface area (Å²) in [5.41, 5.74) is 2.09. The van der Waals surface area contributed by atoms with Crippen molar-refractivity contribution in [1.29, 1.82) is 0 Å². The first kappa shape index (κ1) is 13.8. The number of halogens is 1. The van der Waals surface area contributed by atoms with Gasteiger partial charge in [0.05, 0.1) is 0 Å². The summed E-state index contributed by atoms with van der Waals surface area (Å²) < 4.78 is 1.19. The van der Waals surface area contributed by atoms with E-state index in [2.05, 4.69) is 39.3 Å². The number of hydrogen-bond donors (Lipinski definition) is 2. The fourth-order valence-corrected chi connectivity index (χ4v) is 2.79. The summed E-state index contributed by atoms with van der Waals surface area (Å²) in [6, 6.07) is 6.01. The van der Waals surface area contributed by atoms with E-state index in [0.717, 1.165) is 37.2 Å². The van der Waals surface area contributed by atoms with Crippen LogP contribution >= 0.6 is 22.6 Å². The van der Waals surface area contributed by atoms with Gasteiger partial charge in [-0.05, 0) is 79.1 Å². The van der Waals surface area contributed by atoms with Crippen molar-refractivity contribution in [2.75, 3.05) is 18.4 Å². The molecule has 1 heterocycles. The average Bonchev–Trinajstić information content (AvgIpc) is 2.36. The van der Waals surface area contributed by atoms with Gasteiger partial charge in [0.2, 0.25) is 5.91 Å². The van der Waals surface area contributed by atoms with Crippen LogP contribution in [0.3, 0.4) is 0 Å². The maximum absolute atomic E-state index is 12.0. The molecule has 0 aromatic heterocycles. The van der Waals surface area contributed by atoms with Crippen molar-refractivity contribution in [2.45, 2.75) is 26.2 Å². The van der Waals surface area contributed by atoms with Crippen molar-refractivity contribution < 1.29 is 4.79 Å². The first-order valence-electron chi connectivity index (χ1n) is 6.42. The molecule has 0 bridgehead atoms. The zero-order chi connectivity index (χ0) is 13.0. The van der Waals surface area contributed by atoms with E-state index in [1.54, 1.807) is 0 Å². The third-order valence-corrected chi connectivity index (χ3v) is 4.64. The van der Waals surface area contributed by atoms with E-state index in [9.17, 15) is 4.79 Å². The van der Waals surface area contributed by atoms with E-state index in [1.807, 2.05) is 19.1 Å². The molecule has 2 rings (SSSR count). The van der Waals surface area contributed by atoms with Crippen LogP contribution in [0, 0.1) is 16.4 Å². The molecule has 1 saturated heterocycles. The highest BCUT2D eigenvalue weighted by molar-refractivity contribution is 14.1. The molecule has 2 N–H and O–H groups in total. The van der Waals surface area contributed by atoms with E-state index in [0.29, 0.717) is 12.3 Å². The average molecular weight is 358 g/mol. The fraction of sp³-hybridized carbons (Fsp3) is 0.500. The molecule has 1 aliphatic rings. The van der Waals surface area contributed by atoms with Crippen LogP contribution in [-0.2, 0) is 4.79 Å². The van der Waals surface area contributed by atoms with Gasteiger partial charge in [0.25, 0.3) is 0 Å². The van der Waals surface area contributed by atoms with Crippen molar-refractivity contribution in [2.24, 2.45) is 5.92 Å². The van der Waals surface area contributed by atoms with E-state index >= 15 is 0 Å². The van der Waals surface area contributed by atoms with Crippen LogP contribution in [0.15, 0.2) is 18.2 Å². The van der Waals surface area contributed by atoms with E-state index in [4.69, 9.17) is 0 Å². The maximum Gasteiger partial charge on any atom is 0.224 e. The highest BCUT2D eigenvalue weighted by Gasteiger charge is 2.17. The number of carbonyl (C=O) groups excluding carboxylic acids is 1. The van der Waals surface area contributed by atoms with Crippen LogP contribution in [0.2, 0.25) is 0 Å². The smallest absolute Gasteiger partial charge is 0.224 e. The first-order valence-corrected chi connectivity index (χ1v) is 7.50. The van der Waals surface area contributed by atoms with Gasteiger partial charge in [-0.1, -0.05) is 6.07 Å². The van der Waals surface area contributed by atoms with Gasteiger partial charge in [0, 0.05) is 15.7 Å². The lowest BCUT2D eigenvalue weighted by Crippen LogP contribution is -2.30. The maximum atomic E-state index is 12.0. The Morgan fingerprint density at radius 2 is 2.17 bits per heavy atom. The Morgan fingerprint density at radius 1 is 1.44 bits per heavy atom. The van der Waals surface area contributed by atoms with Crippen LogP contribution < -0.4 is 10.6 Å². The Hall–Kier alpha value is -0.620. The summed E-state index contributed by atoms with van der Waals surface area (Å²) in [5, 5.41) is 6.36. The van der Waals surface area contributed by atoms with Crippen molar-refractivity contribution in [3.05, 3.63) is 27.3 Å². The largest absolute Gasteiger partial charge is 0.326 e. The minimum absolute atomic E-state index is 0.145. The molecule has 3 nitrogen and oxygen atoms in total. The second-order valence-corrected chi connectivity index (χ2v) is 6.02. The zero-order valence-corrected chi connectivity index (χ0v) is 12.8. The third-order valence-electron chi connectivity index (χ3n) is 3.47. The van der Waals surface area contributed by atoms with Crippen molar-refractivity contribution >= 4 is 34.2 Å². The SMILES string of the molecule is Cc1c(I)cccc1NC(=O)CC1CCNCC1. The van der Waals surface area contributed by atoms with Gasteiger partial charge < -0.3 is 10.6 Å². The van der Waals surface area contributed by atoms with Crippen molar-refractivity contribution in [1.82, 2.24) is 5.32 Å². The second kappa shape index (κ2) is 6.52. The van der Waals surface area contributed by atoms with Gasteiger partial charge in [-0.25, -0.2) is 0 Å². The predicted molar refractivity (Wildman–Crippen MR) is 82.7 cm³/mol. The molecular weight excluding hydrogens is 339 g/mol. The van der Waals surface area contributed by atoms with E-state index in [1.165, 1.54) is 3.57 Å². The summed E-state index contributed by atoms with van der Waals surface area (Å²) in [6.45, 7) is 4.13. The number of benzene rings is 1. The van der Waals surface area contributed by atoms with Crippen LogP contribution in [0.25, 0.3) is 0 Å². The molecule has 1 aliphatic heterocycles.